The molecule has 1 amide bonds. The standard InChI is InChI=1S/C13H20N2O4/c1-18-9-8-15(7-4-11(16)19-2)12(17)13(10-14)5-3-6-13/h3-9H2,1-2H3. The van der Waals surface area contributed by atoms with Gasteiger partial charge in [-0.25, -0.2) is 0 Å². The highest BCUT2D eigenvalue weighted by atomic mass is 16.5. The summed E-state index contributed by atoms with van der Waals surface area (Å²) in [6.45, 7) is 1.03. The maximum atomic E-state index is 12.4. The number of hydrogen-bond acceptors (Lipinski definition) is 5. The summed E-state index contributed by atoms with van der Waals surface area (Å²) in [5.41, 5.74) is -0.885. The number of nitrogens with zero attached hydrogens (tertiary/aromatic N) is 2. The molecule has 1 saturated carbocycles. The Morgan fingerprint density at radius 1 is 1.32 bits per heavy atom. The smallest absolute Gasteiger partial charge is 0.307 e. The van der Waals surface area contributed by atoms with E-state index in [-0.39, 0.29) is 24.8 Å². The molecule has 0 aliphatic heterocycles. The maximum absolute atomic E-state index is 12.4. The van der Waals surface area contributed by atoms with Crippen LogP contribution in [0.25, 0.3) is 0 Å². The van der Waals surface area contributed by atoms with Gasteiger partial charge in [0.2, 0.25) is 5.91 Å². The van der Waals surface area contributed by atoms with Gasteiger partial charge < -0.3 is 14.4 Å². The molecule has 19 heavy (non-hydrogen) atoms. The van der Waals surface area contributed by atoms with Crippen LogP contribution < -0.4 is 0 Å². The topological polar surface area (TPSA) is 79.6 Å². The molecule has 1 aliphatic carbocycles. The molecule has 0 aromatic carbocycles. The Hall–Kier alpha value is -1.61. The zero-order chi connectivity index (χ0) is 14.3. The first-order chi connectivity index (χ1) is 9.09. The van der Waals surface area contributed by atoms with E-state index in [1.807, 2.05) is 0 Å². The van der Waals surface area contributed by atoms with E-state index in [1.54, 1.807) is 7.11 Å². The van der Waals surface area contributed by atoms with Crippen LogP contribution in [0.15, 0.2) is 0 Å². The lowest BCUT2D eigenvalue weighted by Gasteiger charge is -2.38. The Morgan fingerprint density at radius 2 is 2.00 bits per heavy atom. The lowest BCUT2D eigenvalue weighted by molar-refractivity contribution is -0.146. The predicted molar refractivity (Wildman–Crippen MR) is 67.0 cm³/mol. The number of carbonyl (C=O) groups excluding carboxylic acids is 2. The molecule has 0 atom stereocenters. The SMILES string of the molecule is COCCN(CCC(=O)OC)C(=O)C1(C#N)CCC1. The molecule has 0 radical (unpaired) electrons. The van der Waals surface area contributed by atoms with Crippen LogP contribution in [-0.2, 0) is 19.1 Å². The van der Waals surface area contributed by atoms with Gasteiger partial charge in [0.15, 0.2) is 0 Å². The number of amides is 1. The second-order valence-corrected chi connectivity index (χ2v) is 4.66. The first-order valence-corrected chi connectivity index (χ1v) is 6.36. The van der Waals surface area contributed by atoms with Gasteiger partial charge in [-0.1, -0.05) is 0 Å². The summed E-state index contributed by atoms with van der Waals surface area (Å²) in [6, 6.07) is 2.13. The molecule has 1 fully saturated rings. The molecule has 0 bridgehead atoms. The minimum atomic E-state index is -0.885. The van der Waals surface area contributed by atoms with Crippen molar-refractivity contribution in [3.05, 3.63) is 0 Å². The number of rotatable bonds is 7. The third-order valence-corrected chi connectivity index (χ3v) is 3.50. The summed E-state index contributed by atoms with van der Waals surface area (Å²) < 4.78 is 9.52. The molecule has 0 unspecified atom stereocenters. The van der Waals surface area contributed by atoms with Crippen molar-refractivity contribution in [1.29, 1.82) is 5.26 Å². The third kappa shape index (κ3) is 3.67. The first-order valence-electron chi connectivity index (χ1n) is 6.36. The van der Waals surface area contributed by atoms with E-state index in [9.17, 15) is 14.9 Å². The fourth-order valence-corrected chi connectivity index (χ4v) is 2.05. The molecular formula is C13H20N2O4. The van der Waals surface area contributed by atoms with E-state index >= 15 is 0 Å². The summed E-state index contributed by atoms with van der Waals surface area (Å²) >= 11 is 0. The van der Waals surface area contributed by atoms with Crippen molar-refractivity contribution in [1.82, 2.24) is 4.90 Å². The lowest BCUT2D eigenvalue weighted by Crippen LogP contribution is -2.48. The zero-order valence-corrected chi connectivity index (χ0v) is 11.5. The van der Waals surface area contributed by atoms with E-state index in [4.69, 9.17) is 4.74 Å². The van der Waals surface area contributed by atoms with E-state index < -0.39 is 5.41 Å². The summed E-state index contributed by atoms with van der Waals surface area (Å²) in [5.74, 6) is -0.558. The first kappa shape index (κ1) is 15.4. The molecular weight excluding hydrogens is 248 g/mol. The Bertz CT molecular complexity index is 371. The van der Waals surface area contributed by atoms with E-state index in [2.05, 4.69) is 10.8 Å². The van der Waals surface area contributed by atoms with Gasteiger partial charge >= 0.3 is 5.97 Å². The fraction of sp³-hybridized carbons (Fsp3) is 0.769. The molecule has 0 N–H and O–H groups in total. The van der Waals surface area contributed by atoms with Crippen molar-refractivity contribution in [3.63, 3.8) is 0 Å². The van der Waals surface area contributed by atoms with Crippen LogP contribution >= 0.6 is 0 Å². The summed E-state index contributed by atoms with van der Waals surface area (Å²) in [5, 5.41) is 9.18. The monoisotopic (exact) mass is 268 g/mol. The molecule has 106 valence electrons. The fourth-order valence-electron chi connectivity index (χ4n) is 2.05. The Balaban J connectivity index is 2.64. The molecule has 0 saturated heterocycles. The van der Waals surface area contributed by atoms with Crippen LogP contribution in [0.4, 0.5) is 0 Å². The van der Waals surface area contributed by atoms with Gasteiger partial charge in [0.1, 0.15) is 5.41 Å². The van der Waals surface area contributed by atoms with Gasteiger partial charge in [-0.15, -0.1) is 0 Å². The van der Waals surface area contributed by atoms with Crippen LogP contribution in [0.3, 0.4) is 0 Å². The van der Waals surface area contributed by atoms with Crippen molar-refractivity contribution < 1.29 is 19.1 Å². The van der Waals surface area contributed by atoms with Gasteiger partial charge in [0.25, 0.3) is 0 Å². The number of ether oxygens (including phenoxy) is 2. The van der Waals surface area contributed by atoms with Crippen molar-refractivity contribution in [2.45, 2.75) is 25.7 Å². The number of hydrogen-bond donors (Lipinski definition) is 0. The average molecular weight is 268 g/mol. The van der Waals surface area contributed by atoms with Crippen LogP contribution in [0.5, 0.6) is 0 Å². The molecule has 1 rings (SSSR count). The number of esters is 1. The second kappa shape index (κ2) is 7.10. The molecule has 0 heterocycles. The highest BCUT2D eigenvalue weighted by Gasteiger charge is 2.46. The van der Waals surface area contributed by atoms with Crippen molar-refractivity contribution >= 4 is 11.9 Å². The summed E-state index contributed by atoms with van der Waals surface area (Å²) in [4.78, 5) is 25.1. The Morgan fingerprint density at radius 3 is 2.42 bits per heavy atom. The minimum Gasteiger partial charge on any atom is -0.469 e. The Labute approximate surface area is 113 Å². The predicted octanol–water partition coefficient (Wildman–Crippen LogP) is 0.718. The minimum absolute atomic E-state index is 0.132. The van der Waals surface area contributed by atoms with Crippen molar-refractivity contribution in [2.75, 3.05) is 33.9 Å². The van der Waals surface area contributed by atoms with Gasteiger partial charge in [-0.3, -0.25) is 9.59 Å². The number of nitriles is 1. The molecule has 1 aliphatic rings. The summed E-state index contributed by atoms with van der Waals surface area (Å²) in [7, 11) is 2.86. The second-order valence-electron chi connectivity index (χ2n) is 4.66. The van der Waals surface area contributed by atoms with E-state index in [0.29, 0.717) is 26.0 Å². The third-order valence-electron chi connectivity index (χ3n) is 3.50. The van der Waals surface area contributed by atoms with Gasteiger partial charge in [0.05, 0.1) is 26.2 Å². The van der Waals surface area contributed by atoms with E-state index in [1.165, 1.54) is 12.0 Å². The van der Waals surface area contributed by atoms with Gasteiger partial charge in [-0.2, -0.15) is 5.26 Å². The van der Waals surface area contributed by atoms with Crippen LogP contribution in [-0.4, -0.2) is 50.7 Å². The molecule has 0 aromatic heterocycles. The normalized spacial score (nSPS) is 16.1. The zero-order valence-electron chi connectivity index (χ0n) is 11.5. The molecule has 6 nitrogen and oxygen atoms in total. The maximum Gasteiger partial charge on any atom is 0.307 e. The number of methoxy groups -OCH3 is 2. The van der Waals surface area contributed by atoms with Crippen LogP contribution in [0, 0.1) is 16.7 Å². The van der Waals surface area contributed by atoms with Crippen molar-refractivity contribution in [2.24, 2.45) is 5.41 Å². The van der Waals surface area contributed by atoms with Crippen LogP contribution in [0.2, 0.25) is 0 Å². The highest BCUT2D eigenvalue weighted by Crippen LogP contribution is 2.41. The van der Waals surface area contributed by atoms with Gasteiger partial charge in [0, 0.05) is 20.2 Å². The molecule has 0 spiro atoms. The van der Waals surface area contributed by atoms with Crippen molar-refractivity contribution in [3.8, 4) is 6.07 Å². The van der Waals surface area contributed by atoms with Gasteiger partial charge in [-0.05, 0) is 19.3 Å². The quantitative estimate of drug-likeness (QED) is 0.635. The summed E-state index contributed by atoms with van der Waals surface area (Å²) in [6.07, 6.45) is 2.23. The number of carbonyl (C=O) groups is 2. The van der Waals surface area contributed by atoms with E-state index in [0.717, 1.165) is 6.42 Å². The average Bonchev–Trinajstić information content (AvgIpc) is 2.37. The Kier molecular flexibility index (Phi) is 5.77. The molecule has 6 heteroatoms. The largest absolute Gasteiger partial charge is 0.469 e. The highest BCUT2D eigenvalue weighted by molar-refractivity contribution is 5.86. The lowest BCUT2D eigenvalue weighted by atomic mass is 9.69. The van der Waals surface area contributed by atoms with Crippen LogP contribution in [0.1, 0.15) is 25.7 Å². The molecule has 0 aromatic rings.